The van der Waals surface area contributed by atoms with Gasteiger partial charge < -0.3 is 14.8 Å². The third-order valence-corrected chi connectivity index (χ3v) is 5.41. The van der Waals surface area contributed by atoms with Gasteiger partial charge >= 0.3 is 5.97 Å². The number of anilines is 1. The highest BCUT2D eigenvalue weighted by Gasteiger charge is 2.16. The highest BCUT2D eigenvalue weighted by molar-refractivity contribution is 9.10. The van der Waals surface area contributed by atoms with Crippen LogP contribution in [0.3, 0.4) is 0 Å². The fourth-order valence-corrected chi connectivity index (χ4v) is 3.63. The molecule has 160 valence electrons. The van der Waals surface area contributed by atoms with Crippen molar-refractivity contribution in [3.8, 4) is 11.3 Å². The van der Waals surface area contributed by atoms with Gasteiger partial charge in [0.25, 0.3) is 5.91 Å². The Morgan fingerprint density at radius 3 is 2.26 bits per heavy atom. The van der Waals surface area contributed by atoms with Gasteiger partial charge in [0.05, 0.1) is 0 Å². The Morgan fingerprint density at radius 2 is 1.71 bits per heavy atom. The molecule has 0 bridgehead atoms. The molecule has 0 spiro atoms. The molecule has 0 atom stereocenters. The number of aromatic carboxylic acids is 1. The first-order chi connectivity index (χ1) is 14.5. The smallest absolute Gasteiger partial charge is 0.371 e. The van der Waals surface area contributed by atoms with Crippen LogP contribution in [0, 0.1) is 0 Å². The Kier molecular flexibility index (Phi) is 6.62. The summed E-state index contributed by atoms with van der Waals surface area (Å²) in [6.07, 6.45) is 0. The van der Waals surface area contributed by atoms with Gasteiger partial charge in [-0.1, -0.05) is 32.9 Å². The molecular formula is C23H21BrN2O4S. The van der Waals surface area contributed by atoms with Crippen molar-refractivity contribution in [3.05, 3.63) is 76.0 Å². The van der Waals surface area contributed by atoms with Crippen LogP contribution in [0.1, 0.15) is 47.2 Å². The Labute approximate surface area is 193 Å². The van der Waals surface area contributed by atoms with Crippen LogP contribution in [-0.2, 0) is 5.41 Å². The molecule has 0 saturated carbocycles. The third-order valence-electron chi connectivity index (χ3n) is 4.55. The van der Waals surface area contributed by atoms with Crippen molar-refractivity contribution in [2.24, 2.45) is 0 Å². The number of benzene rings is 2. The maximum absolute atomic E-state index is 12.5. The Bertz CT molecular complexity index is 1150. The molecular weight excluding hydrogens is 480 g/mol. The SMILES string of the molecule is CC(C)(C)c1ccc(C(=O)NC(=S)Nc2ccc(-c3ccc(C(=O)O)o3)c(Br)c2)cc1. The summed E-state index contributed by atoms with van der Waals surface area (Å²) in [6, 6.07) is 15.7. The number of carbonyl (C=O) groups excluding carboxylic acids is 1. The van der Waals surface area contributed by atoms with E-state index in [1.165, 1.54) is 6.07 Å². The molecule has 3 N–H and O–H groups in total. The van der Waals surface area contributed by atoms with Crippen molar-refractivity contribution >= 4 is 50.8 Å². The molecule has 1 aromatic heterocycles. The van der Waals surface area contributed by atoms with Gasteiger partial charge in [0.15, 0.2) is 5.11 Å². The molecule has 0 unspecified atom stereocenters. The summed E-state index contributed by atoms with van der Waals surface area (Å²) < 4.78 is 6.01. The van der Waals surface area contributed by atoms with E-state index in [-0.39, 0.29) is 22.2 Å². The maximum Gasteiger partial charge on any atom is 0.371 e. The maximum atomic E-state index is 12.5. The van der Waals surface area contributed by atoms with Gasteiger partial charge in [-0.05, 0) is 81.6 Å². The molecule has 1 amide bonds. The second kappa shape index (κ2) is 9.03. The molecule has 0 fully saturated rings. The van der Waals surface area contributed by atoms with Gasteiger partial charge in [-0.3, -0.25) is 10.1 Å². The zero-order valence-electron chi connectivity index (χ0n) is 17.2. The van der Waals surface area contributed by atoms with E-state index in [2.05, 4.69) is 47.3 Å². The average molecular weight is 501 g/mol. The first-order valence-corrected chi connectivity index (χ1v) is 10.6. The molecule has 31 heavy (non-hydrogen) atoms. The van der Waals surface area contributed by atoms with Crippen molar-refractivity contribution < 1.29 is 19.1 Å². The zero-order chi connectivity index (χ0) is 22.8. The second-order valence-corrected chi connectivity index (χ2v) is 9.16. The molecule has 0 aliphatic carbocycles. The van der Waals surface area contributed by atoms with Gasteiger partial charge in [0.2, 0.25) is 5.76 Å². The molecule has 1 heterocycles. The molecule has 0 aliphatic heterocycles. The van der Waals surface area contributed by atoms with E-state index in [0.717, 1.165) is 5.56 Å². The Morgan fingerprint density at radius 1 is 1.03 bits per heavy atom. The fraction of sp³-hybridized carbons (Fsp3) is 0.174. The molecule has 0 saturated heterocycles. The summed E-state index contributed by atoms with van der Waals surface area (Å²) in [7, 11) is 0. The largest absolute Gasteiger partial charge is 0.475 e. The minimum Gasteiger partial charge on any atom is -0.475 e. The standard InChI is InChI=1S/C23H21BrN2O4S/c1-23(2,3)14-6-4-13(5-7-14)20(27)26-22(31)25-15-8-9-16(17(24)12-15)18-10-11-19(30-18)21(28)29/h4-12H,1-3H3,(H,28,29)(H2,25,26,27,31). The van der Waals surface area contributed by atoms with E-state index in [9.17, 15) is 9.59 Å². The van der Waals surface area contributed by atoms with Crippen molar-refractivity contribution in [2.45, 2.75) is 26.2 Å². The summed E-state index contributed by atoms with van der Waals surface area (Å²) in [4.78, 5) is 23.5. The first kappa shape index (κ1) is 22.7. The first-order valence-electron chi connectivity index (χ1n) is 9.40. The second-order valence-electron chi connectivity index (χ2n) is 7.90. The summed E-state index contributed by atoms with van der Waals surface area (Å²) in [6.45, 7) is 6.34. The van der Waals surface area contributed by atoms with Crippen LogP contribution < -0.4 is 10.6 Å². The Hall–Kier alpha value is -2.97. The van der Waals surface area contributed by atoms with Crippen LogP contribution in [0.4, 0.5) is 5.69 Å². The molecule has 2 aromatic carbocycles. The number of hydrogen-bond acceptors (Lipinski definition) is 4. The average Bonchev–Trinajstić information content (AvgIpc) is 3.17. The molecule has 6 nitrogen and oxygen atoms in total. The van der Waals surface area contributed by atoms with Crippen molar-refractivity contribution in [1.82, 2.24) is 5.32 Å². The van der Waals surface area contributed by atoms with Crippen LogP contribution in [0.2, 0.25) is 0 Å². The normalized spacial score (nSPS) is 11.1. The third kappa shape index (κ3) is 5.59. The minimum atomic E-state index is -1.13. The Balaban J connectivity index is 1.65. The summed E-state index contributed by atoms with van der Waals surface area (Å²) in [5.41, 5.74) is 3.00. The summed E-state index contributed by atoms with van der Waals surface area (Å²) in [5, 5.41) is 14.8. The summed E-state index contributed by atoms with van der Waals surface area (Å²) in [5.74, 6) is -1.14. The van der Waals surface area contributed by atoms with Crippen LogP contribution >= 0.6 is 28.1 Å². The van der Waals surface area contributed by atoms with Gasteiger partial charge in [-0.2, -0.15) is 0 Å². The number of nitrogens with one attached hydrogen (secondary N) is 2. The molecule has 0 aliphatic rings. The number of rotatable bonds is 4. The van der Waals surface area contributed by atoms with Gasteiger partial charge in [0.1, 0.15) is 5.76 Å². The van der Waals surface area contributed by atoms with E-state index < -0.39 is 5.97 Å². The summed E-state index contributed by atoms with van der Waals surface area (Å²) >= 11 is 8.71. The number of halogens is 1. The van der Waals surface area contributed by atoms with Crippen LogP contribution in [0.15, 0.2) is 63.5 Å². The predicted molar refractivity (Wildman–Crippen MR) is 128 cm³/mol. The molecule has 0 radical (unpaired) electrons. The van der Waals surface area contributed by atoms with Crippen molar-refractivity contribution in [1.29, 1.82) is 0 Å². The molecule has 8 heteroatoms. The van der Waals surface area contributed by atoms with E-state index in [1.54, 1.807) is 36.4 Å². The quantitative estimate of drug-likeness (QED) is 0.390. The number of carboxylic acids is 1. The van der Waals surface area contributed by atoms with Gasteiger partial charge in [-0.15, -0.1) is 0 Å². The van der Waals surface area contributed by atoms with E-state index in [1.807, 2.05) is 12.1 Å². The lowest BCUT2D eigenvalue weighted by Gasteiger charge is -2.19. The highest BCUT2D eigenvalue weighted by Crippen LogP contribution is 2.32. The zero-order valence-corrected chi connectivity index (χ0v) is 19.6. The van der Waals surface area contributed by atoms with E-state index in [0.29, 0.717) is 27.0 Å². The van der Waals surface area contributed by atoms with E-state index >= 15 is 0 Å². The predicted octanol–water partition coefficient (Wildman–Crippen LogP) is 5.83. The number of carbonyl (C=O) groups is 2. The fourth-order valence-electron chi connectivity index (χ4n) is 2.85. The van der Waals surface area contributed by atoms with Crippen molar-refractivity contribution in [3.63, 3.8) is 0 Å². The topological polar surface area (TPSA) is 91.6 Å². The lowest BCUT2D eigenvalue weighted by Crippen LogP contribution is -2.34. The number of thiocarbonyl (C=S) groups is 1. The van der Waals surface area contributed by atoms with Crippen LogP contribution in [0.25, 0.3) is 11.3 Å². The number of amides is 1. The lowest BCUT2D eigenvalue weighted by molar-refractivity contribution is 0.0663. The van der Waals surface area contributed by atoms with Crippen molar-refractivity contribution in [2.75, 3.05) is 5.32 Å². The minimum absolute atomic E-state index is 0.0102. The lowest BCUT2D eigenvalue weighted by atomic mass is 9.87. The number of carboxylic acid groups (broad SMARTS) is 1. The van der Waals surface area contributed by atoms with Crippen LogP contribution in [-0.4, -0.2) is 22.1 Å². The molecule has 3 rings (SSSR count). The monoisotopic (exact) mass is 500 g/mol. The molecule has 3 aromatic rings. The van der Waals surface area contributed by atoms with Crippen LogP contribution in [0.5, 0.6) is 0 Å². The highest BCUT2D eigenvalue weighted by atomic mass is 79.9. The van der Waals surface area contributed by atoms with E-state index in [4.69, 9.17) is 21.7 Å². The number of furan rings is 1. The number of hydrogen-bond donors (Lipinski definition) is 3. The van der Waals surface area contributed by atoms with Gasteiger partial charge in [0, 0.05) is 21.3 Å². The van der Waals surface area contributed by atoms with Gasteiger partial charge in [-0.25, -0.2) is 4.79 Å².